The van der Waals surface area contributed by atoms with Crippen molar-refractivity contribution in [1.82, 2.24) is 4.98 Å². The van der Waals surface area contributed by atoms with E-state index in [2.05, 4.69) is 9.72 Å². The summed E-state index contributed by atoms with van der Waals surface area (Å²) < 4.78 is 4.39. The minimum Gasteiger partial charge on any atom is -0.506 e. The Kier molecular flexibility index (Phi) is 3.03. The van der Waals surface area contributed by atoms with Crippen LogP contribution in [0.5, 0.6) is 5.75 Å². The van der Waals surface area contributed by atoms with Gasteiger partial charge in [-0.2, -0.15) is 0 Å². The van der Waals surface area contributed by atoms with E-state index in [1.807, 2.05) is 0 Å². The molecule has 0 amide bonds. The number of methoxy groups -OCH3 is 1. The maximum absolute atomic E-state index is 10.7. The number of esters is 1. The highest BCUT2D eigenvalue weighted by Crippen LogP contribution is 2.09. The van der Waals surface area contributed by atoms with Crippen LogP contribution in [0.25, 0.3) is 6.08 Å². The summed E-state index contributed by atoms with van der Waals surface area (Å²) in [5.74, 6) is -0.379. The molecule has 4 heteroatoms. The summed E-state index contributed by atoms with van der Waals surface area (Å²) in [6.45, 7) is 0. The predicted octanol–water partition coefficient (Wildman–Crippen LogP) is 0.973. The molecule has 13 heavy (non-hydrogen) atoms. The number of carbonyl (C=O) groups is 1. The average molecular weight is 179 g/mol. The summed E-state index contributed by atoms with van der Waals surface area (Å²) in [6, 6.07) is 1.49. The number of nitrogens with zero attached hydrogens (tertiary/aromatic N) is 1. The van der Waals surface area contributed by atoms with Gasteiger partial charge in [0.15, 0.2) is 0 Å². The van der Waals surface area contributed by atoms with Gasteiger partial charge in [-0.3, -0.25) is 4.98 Å². The third-order valence-corrected chi connectivity index (χ3v) is 1.36. The van der Waals surface area contributed by atoms with Gasteiger partial charge in [0.2, 0.25) is 0 Å². The summed E-state index contributed by atoms with van der Waals surface area (Å²) in [4.78, 5) is 14.4. The van der Waals surface area contributed by atoms with Crippen molar-refractivity contribution in [3.63, 3.8) is 0 Å². The molecule has 0 atom stereocenters. The summed E-state index contributed by atoms with van der Waals surface area (Å²) in [7, 11) is 1.30. The van der Waals surface area contributed by atoms with Crippen LogP contribution in [0.4, 0.5) is 0 Å². The first-order valence-electron chi connectivity index (χ1n) is 3.62. The lowest BCUT2D eigenvalue weighted by Crippen LogP contribution is -1.93. The van der Waals surface area contributed by atoms with E-state index in [0.29, 0.717) is 5.56 Å². The highest BCUT2D eigenvalue weighted by molar-refractivity contribution is 5.86. The number of hydrogen-bond donors (Lipinski definition) is 1. The van der Waals surface area contributed by atoms with E-state index < -0.39 is 5.97 Å². The van der Waals surface area contributed by atoms with Crippen LogP contribution in [0, 0.1) is 0 Å². The summed E-state index contributed by atoms with van der Waals surface area (Å²) >= 11 is 0. The molecule has 1 N–H and O–H groups in total. The third kappa shape index (κ3) is 2.94. The lowest BCUT2D eigenvalue weighted by atomic mass is 10.2. The van der Waals surface area contributed by atoms with E-state index in [1.54, 1.807) is 0 Å². The number of aromatic hydroxyl groups is 1. The fourth-order valence-electron chi connectivity index (χ4n) is 0.768. The molecule has 0 unspecified atom stereocenters. The van der Waals surface area contributed by atoms with Crippen LogP contribution < -0.4 is 0 Å². The van der Waals surface area contributed by atoms with Gasteiger partial charge < -0.3 is 9.84 Å². The number of pyridine rings is 1. The first kappa shape index (κ1) is 9.25. The van der Waals surface area contributed by atoms with E-state index in [0.717, 1.165) is 0 Å². The second kappa shape index (κ2) is 4.25. The van der Waals surface area contributed by atoms with Crippen molar-refractivity contribution in [3.8, 4) is 5.75 Å². The zero-order valence-electron chi connectivity index (χ0n) is 7.10. The van der Waals surface area contributed by atoms with Gasteiger partial charge in [-0.25, -0.2) is 4.79 Å². The Morgan fingerprint density at radius 2 is 2.38 bits per heavy atom. The molecular formula is C9H9NO3. The van der Waals surface area contributed by atoms with E-state index in [4.69, 9.17) is 5.11 Å². The summed E-state index contributed by atoms with van der Waals surface area (Å²) in [5.41, 5.74) is 0.644. The van der Waals surface area contributed by atoms with Crippen molar-refractivity contribution in [2.75, 3.05) is 7.11 Å². The van der Waals surface area contributed by atoms with Crippen molar-refractivity contribution >= 4 is 12.0 Å². The Hall–Kier alpha value is -1.84. The number of hydrogen-bond acceptors (Lipinski definition) is 4. The van der Waals surface area contributed by atoms with Crippen LogP contribution in [-0.2, 0) is 9.53 Å². The normalized spacial score (nSPS) is 10.2. The zero-order valence-corrected chi connectivity index (χ0v) is 7.10. The van der Waals surface area contributed by atoms with Crippen LogP contribution in [-0.4, -0.2) is 23.2 Å². The van der Waals surface area contributed by atoms with Gasteiger partial charge in [0.25, 0.3) is 0 Å². The highest BCUT2D eigenvalue weighted by atomic mass is 16.5. The molecule has 1 rings (SSSR count). The second-order valence-electron chi connectivity index (χ2n) is 2.33. The molecule has 0 fully saturated rings. The van der Waals surface area contributed by atoms with Crippen molar-refractivity contribution in [1.29, 1.82) is 0 Å². The number of carbonyl (C=O) groups excluding carboxylic acids is 1. The lowest BCUT2D eigenvalue weighted by Gasteiger charge is -1.93. The largest absolute Gasteiger partial charge is 0.506 e. The molecule has 0 aromatic carbocycles. The molecule has 1 aromatic rings. The van der Waals surface area contributed by atoms with Crippen molar-refractivity contribution in [3.05, 3.63) is 30.1 Å². The molecule has 0 saturated carbocycles. The van der Waals surface area contributed by atoms with Crippen LogP contribution in [0.3, 0.4) is 0 Å². The number of ether oxygens (including phenoxy) is 1. The van der Waals surface area contributed by atoms with Crippen molar-refractivity contribution in [2.45, 2.75) is 0 Å². The molecular weight excluding hydrogens is 170 g/mol. The quantitative estimate of drug-likeness (QED) is 0.543. The Bertz CT molecular complexity index is 333. The molecule has 0 aliphatic rings. The van der Waals surface area contributed by atoms with Crippen LogP contribution in [0.2, 0.25) is 0 Å². The minimum absolute atomic E-state index is 0.0621. The first-order chi connectivity index (χ1) is 6.22. The fourth-order valence-corrected chi connectivity index (χ4v) is 0.768. The highest BCUT2D eigenvalue weighted by Gasteiger charge is 1.93. The zero-order chi connectivity index (χ0) is 9.68. The van der Waals surface area contributed by atoms with Gasteiger partial charge in [0.05, 0.1) is 13.3 Å². The topological polar surface area (TPSA) is 59.4 Å². The number of aromatic nitrogens is 1. The molecule has 68 valence electrons. The monoisotopic (exact) mass is 179 g/mol. The maximum atomic E-state index is 10.7. The molecule has 0 saturated heterocycles. The Labute approximate surface area is 75.5 Å². The average Bonchev–Trinajstić information content (AvgIpc) is 2.14. The molecule has 1 aromatic heterocycles. The smallest absolute Gasteiger partial charge is 0.330 e. The van der Waals surface area contributed by atoms with Gasteiger partial charge in [0.1, 0.15) is 5.75 Å². The molecule has 0 aliphatic carbocycles. The van der Waals surface area contributed by atoms with Crippen molar-refractivity contribution < 1.29 is 14.6 Å². The third-order valence-electron chi connectivity index (χ3n) is 1.36. The van der Waals surface area contributed by atoms with E-state index in [9.17, 15) is 4.79 Å². The molecule has 0 radical (unpaired) electrons. The van der Waals surface area contributed by atoms with Crippen molar-refractivity contribution in [2.24, 2.45) is 0 Å². The Balaban J connectivity index is 2.74. The molecule has 4 nitrogen and oxygen atoms in total. The summed E-state index contributed by atoms with van der Waals surface area (Å²) in [5, 5.41) is 9.02. The Morgan fingerprint density at radius 3 is 3.00 bits per heavy atom. The van der Waals surface area contributed by atoms with E-state index in [-0.39, 0.29) is 5.75 Å². The van der Waals surface area contributed by atoms with Crippen LogP contribution in [0.15, 0.2) is 24.5 Å². The molecule has 0 aliphatic heterocycles. The standard InChI is InChI=1S/C9H9NO3/c1-13-9(12)3-2-7-4-8(11)6-10-5-7/h2-6,11H,1H3/b3-2+. The van der Waals surface area contributed by atoms with Gasteiger partial charge in [-0.1, -0.05) is 0 Å². The summed E-state index contributed by atoms with van der Waals surface area (Å²) in [6.07, 6.45) is 5.61. The predicted molar refractivity (Wildman–Crippen MR) is 47.0 cm³/mol. The first-order valence-corrected chi connectivity index (χ1v) is 3.62. The maximum Gasteiger partial charge on any atom is 0.330 e. The fraction of sp³-hybridized carbons (Fsp3) is 0.111. The Morgan fingerprint density at radius 1 is 1.62 bits per heavy atom. The second-order valence-corrected chi connectivity index (χ2v) is 2.33. The van der Waals surface area contributed by atoms with Gasteiger partial charge >= 0.3 is 5.97 Å². The number of rotatable bonds is 2. The van der Waals surface area contributed by atoms with E-state index >= 15 is 0 Å². The minimum atomic E-state index is -0.441. The van der Waals surface area contributed by atoms with E-state index in [1.165, 1.54) is 37.7 Å². The molecule has 0 spiro atoms. The SMILES string of the molecule is COC(=O)/C=C/c1cncc(O)c1. The van der Waals surface area contributed by atoms with Gasteiger partial charge in [0, 0.05) is 12.3 Å². The lowest BCUT2D eigenvalue weighted by molar-refractivity contribution is -0.134. The molecule has 0 bridgehead atoms. The van der Waals surface area contributed by atoms with Crippen LogP contribution >= 0.6 is 0 Å². The van der Waals surface area contributed by atoms with Gasteiger partial charge in [-0.05, 0) is 17.7 Å². The van der Waals surface area contributed by atoms with Gasteiger partial charge in [-0.15, -0.1) is 0 Å². The van der Waals surface area contributed by atoms with Crippen LogP contribution in [0.1, 0.15) is 5.56 Å². The molecule has 1 heterocycles.